The number of carbonyl (C=O) groups is 1. The molecule has 0 unspecified atom stereocenters. The van der Waals surface area contributed by atoms with Gasteiger partial charge in [-0.3, -0.25) is 0 Å². The number of carbonyl (C=O) groups excluding carboxylic acids is 1. The first-order valence-electron chi connectivity index (χ1n) is 11.8. The number of phenols is 1. The Balaban J connectivity index is 1.89. The number of aromatic hydroxyl groups is 1. The Morgan fingerprint density at radius 2 is 1.45 bits per heavy atom. The van der Waals surface area contributed by atoms with Crippen molar-refractivity contribution >= 4 is 23.9 Å². The minimum atomic E-state index is -0.178. The lowest BCUT2D eigenvalue weighted by atomic mass is 9.78. The van der Waals surface area contributed by atoms with Gasteiger partial charge in [-0.2, -0.15) is 0 Å². The molecule has 2 N–H and O–H groups in total. The van der Waals surface area contributed by atoms with Crippen LogP contribution in [-0.4, -0.2) is 54.2 Å². The third kappa shape index (κ3) is 6.17. The Kier molecular flexibility index (Phi) is 7.23. The summed E-state index contributed by atoms with van der Waals surface area (Å²) in [6.07, 6.45) is 4.09. The van der Waals surface area contributed by atoms with Gasteiger partial charge in [0, 0.05) is 43.0 Å². The van der Waals surface area contributed by atoms with E-state index < -0.39 is 0 Å². The molecular formula is C28H39N3O2. The van der Waals surface area contributed by atoms with E-state index >= 15 is 0 Å². The van der Waals surface area contributed by atoms with E-state index in [0.29, 0.717) is 5.75 Å². The van der Waals surface area contributed by atoms with Gasteiger partial charge in [-0.25, -0.2) is 4.79 Å². The fraction of sp³-hybridized carbons (Fsp3) is 0.464. The highest BCUT2D eigenvalue weighted by atomic mass is 16.3. The number of hydrogen-bond donors (Lipinski definition) is 2. The second-order valence-electron chi connectivity index (χ2n) is 11.1. The van der Waals surface area contributed by atoms with Gasteiger partial charge in [-0.1, -0.05) is 71.9 Å². The van der Waals surface area contributed by atoms with Crippen LogP contribution >= 0.6 is 0 Å². The van der Waals surface area contributed by atoms with Crippen LogP contribution in [0.2, 0.25) is 0 Å². The van der Waals surface area contributed by atoms with E-state index in [9.17, 15) is 9.90 Å². The molecule has 2 aromatic carbocycles. The Morgan fingerprint density at radius 1 is 0.909 bits per heavy atom. The number of piperazine rings is 1. The zero-order valence-electron chi connectivity index (χ0n) is 21.2. The maximum atomic E-state index is 12.8. The van der Waals surface area contributed by atoms with Crippen molar-refractivity contribution in [2.45, 2.75) is 52.4 Å². The van der Waals surface area contributed by atoms with E-state index in [-0.39, 0.29) is 16.9 Å². The molecule has 1 aliphatic rings. The number of hydrogen-bond acceptors (Lipinski definition) is 3. The minimum absolute atomic E-state index is 0.0568. The molecule has 0 radical (unpaired) electrons. The first-order chi connectivity index (χ1) is 15.4. The van der Waals surface area contributed by atoms with E-state index in [0.717, 1.165) is 54.1 Å². The molecule has 0 aliphatic carbocycles. The normalized spacial score (nSPS) is 15.8. The van der Waals surface area contributed by atoms with Crippen LogP contribution < -0.4 is 5.32 Å². The van der Waals surface area contributed by atoms with Crippen molar-refractivity contribution in [3.8, 4) is 5.75 Å². The molecule has 2 aromatic rings. The highest BCUT2D eigenvalue weighted by Crippen LogP contribution is 2.40. The van der Waals surface area contributed by atoms with Crippen LogP contribution in [0.4, 0.5) is 10.5 Å². The van der Waals surface area contributed by atoms with Crippen molar-refractivity contribution in [2.24, 2.45) is 0 Å². The second-order valence-corrected chi connectivity index (χ2v) is 11.1. The van der Waals surface area contributed by atoms with Crippen molar-refractivity contribution in [1.82, 2.24) is 9.80 Å². The number of rotatable bonds is 3. The zero-order chi connectivity index (χ0) is 24.4. The third-order valence-electron chi connectivity index (χ3n) is 6.20. The maximum Gasteiger partial charge on any atom is 0.321 e. The number of likely N-dealkylation sites (N-methyl/N-ethyl adjacent to an activating group) is 1. The first kappa shape index (κ1) is 24.8. The number of anilines is 1. The van der Waals surface area contributed by atoms with Crippen LogP contribution in [0.25, 0.3) is 12.2 Å². The van der Waals surface area contributed by atoms with Gasteiger partial charge in [-0.05, 0) is 47.2 Å². The predicted molar refractivity (Wildman–Crippen MR) is 139 cm³/mol. The fourth-order valence-electron chi connectivity index (χ4n) is 4.04. The second kappa shape index (κ2) is 9.60. The summed E-state index contributed by atoms with van der Waals surface area (Å²) in [5.41, 5.74) is 4.29. The molecule has 0 atom stereocenters. The molecule has 1 heterocycles. The van der Waals surface area contributed by atoms with Crippen LogP contribution in [0.15, 0.2) is 36.4 Å². The van der Waals surface area contributed by atoms with Crippen LogP contribution in [0.5, 0.6) is 5.75 Å². The van der Waals surface area contributed by atoms with Crippen molar-refractivity contribution in [3.05, 3.63) is 58.7 Å². The van der Waals surface area contributed by atoms with E-state index in [1.54, 1.807) is 0 Å². The van der Waals surface area contributed by atoms with Crippen molar-refractivity contribution in [3.63, 3.8) is 0 Å². The molecule has 0 spiro atoms. The Labute approximate surface area is 199 Å². The monoisotopic (exact) mass is 449 g/mol. The average molecular weight is 450 g/mol. The molecule has 0 aromatic heterocycles. The van der Waals surface area contributed by atoms with Gasteiger partial charge in [0.25, 0.3) is 0 Å². The van der Waals surface area contributed by atoms with E-state index in [1.165, 1.54) is 0 Å². The number of benzene rings is 2. The first-order valence-corrected chi connectivity index (χ1v) is 11.8. The largest absolute Gasteiger partial charge is 0.507 e. The lowest BCUT2D eigenvalue weighted by Crippen LogP contribution is -2.48. The van der Waals surface area contributed by atoms with Gasteiger partial charge >= 0.3 is 6.03 Å². The molecule has 0 bridgehead atoms. The van der Waals surface area contributed by atoms with Crippen LogP contribution in [0, 0.1) is 0 Å². The molecule has 1 saturated heterocycles. The van der Waals surface area contributed by atoms with Gasteiger partial charge in [0.15, 0.2) is 0 Å². The molecular weight excluding hydrogens is 410 g/mol. The van der Waals surface area contributed by atoms with Gasteiger partial charge < -0.3 is 20.2 Å². The molecule has 0 saturated carbocycles. The molecule has 178 valence electrons. The Bertz CT molecular complexity index is 985. The topological polar surface area (TPSA) is 55.8 Å². The van der Waals surface area contributed by atoms with Gasteiger partial charge in [0.2, 0.25) is 0 Å². The number of amides is 2. The Morgan fingerprint density at radius 3 is 2.00 bits per heavy atom. The summed E-state index contributed by atoms with van der Waals surface area (Å²) in [5.74, 6) is 0.381. The maximum absolute atomic E-state index is 12.8. The summed E-state index contributed by atoms with van der Waals surface area (Å²) in [4.78, 5) is 16.9. The van der Waals surface area contributed by atoms with Crippen molar-refractivity contribution in [1.29, 1.82) is 0 Å². The van der Waals surface area contributed by atoms with Gasteiger partial charge in [-0.15, -0.1) is 0 Å². The predicted octanol–water partition coefficient (Wildman–Crippen LogP) is 5.94. The average Bonchev–Trinajstić information content (AvgIpc) is 2.72. The summed E-state index contributed by atoms with van der Waals surface area (Å²) in [7, 11) is 2.08. The highest BCUT2D eigenvalue weighted by molar-refractivity contribution is 5.92. The summed E-state index contributed by atoms with van der Waals surface area (Å²) in [5, 5.41) is 14.1. The lowest BCUT2D eigenvalue weighted by Gasteiger charge is -2.32. The van der Waals surface area contributed by atoms with E-state index in [2.05, 4.69) is 77.0 Å². The number of nitrogens with one attached hydrogen (secondary N) is 1. The molecule has 3 rings (SSSR count). The number of phenolic OH excluding ortho intramolecular Hbond substituents is 1. The molecule has 33 heavy (non-hydrogen) atoms. The fourth-order valence-corrected chi connectivity index (χ4v) is 4.04. The van der Waals surface area contributed by atoms with E-state index in [1.807, 2.05) is 35.2 Å². The van der Waals surface area contributed by atoms with Crippen molar-refractivity contribution < 1.29 is 9.90 Å². The summed E-state index contributed by atoms with van der Waals surface area (Å²) in [6.45, 7) is 15.9. The van der Waals surface area contributed by atoms with E-state index in [4.69, 9.17) is 0 Å². The summed E-state index contributed by atoms with van der Waals surface area (Å²) in [6, 6.07) is 11.9. The summed E-state index contributed by atoms with van der Waals surface area (Å²) < 4.78 is 0. The highest BCUT2D eigenvalue weighted by Gasteiger charge is 2.26. The zero-order valence-corrected chi connectivity index (χ0v) is 21.2. The van der Waals surface area contributed by atoms with Gasteiger partial charge in [0.05, 0.1) is 0 Å². The molecule has 1 aliphatic heterocycles. The van der Waals surface area contributed by atoms with Gasteiger partial charge in [0.1, 0.15) is 5.75 Å². The minimum Gasteiger partial charge on any atom is -0.507 e. The summed E-state index contributed by atoms with van der Waals surface area (Å²) >= 11 is 0. The number of nitrogens with zero attached hydrogens (tertiary/aromatic N) is 2. The third-order valence-corrected chi connectivity index (χ3v) is 6.20. The molecule has 5 nitrogen and oxygen atoms in total. The number of urea groups is 1. The number of para-hydroxylation sites is 1. The molecule has 2 amide bonds. The van der Waals surface area contributed by atoms with Crippen molar-refractivity contribution in [2.75, 3.05) is 38.5 Å². The quantitative estimate of drug-likeness (QED) is 0.571. The molecule has 5 heteroatoms. The SMILES string of the molecule is CN1CCN(C(=O)Nc2ccccc2/C=C/c2cc(C(C)(C)C)c(O)c(C(C)(C)C)c2)CC1. The smallest absolute Gasteiger partial charge is 0.321 e. The standard InChI is InChI=1S/C28H39N3O2/c1-27(2,3)22-18-20(19-23(25(22)32)28(4,5)6)12-13-21-10-8-9-11-24(21)29-26(33)31-16-14-30(7)15-17-31/h8-13,18-19,32H,14-17H2,1-7H3,(H,29,33)/b13-12+. The van der Waals surface area contributed by atoms with Crippen LogP contribution in [-0.2, 0) is 10.8 Å². The Hall–Kier alpha value is -2.79. The van der Waals surface area contributed by atoms with Crippen LogP contribution in [0.1, 0.15) is 63.8 Å². The van der Waals surface area contributed by atoms with Crippen LogP contribution in [0.3, 0.4) is 0 Å². The lowest BCUT2D eigenvalue weighted by molar-refractivity contribution is 0.164. The molecule has 1 fully saturated rings.